The number of benzene rings is 2. The highest BCUT2D eigenvalue weighted by Crippen LogP contribution is 2.26. The molecule has 176 valence electrons. The number of hydrogen-bond donors (Lipinski definition) is 1. The molecule has 0 spiro atoms. The molecule has 2 aliphatic heterocycles. The van der Waals surface area contributed by atoms with E-state index in [9.17, 15) is 14.0 Å². The number of piperidine rings is 1. The Morgan fingerprint density at radius 2 is 1.76 bits per heavy atom. The fourth-order valence-electron chi connectivity index (χ4n) is 4.51. The minimum atomic E-state index is -0.253. The van der Waals surface area contributed by atoms with Crippen molar-refractivity contribution in [2.75, 3.05) is 49.5 Å². The molecule has 0 saturated carbocycles. The molecule has 2 fully saturated rings. The first-order chi connectivity index (χ1) is 15.9. The second-order valence-corrected chi connectivity index (χ2v) is 9.14. The van der Waals surface area contributed by atoms with E-state index in [2.05, 4.69) is 17.1 Å². The van der Waals surface area contributed by atoms with Crippen molar-refractivity contribution in [2.24, 2.45) is 0 Å². The third-order valence-electron chi connectivity index (χ3n) is 6.53. The van der Waals surface area contributed by atoms with E-state index < -0.39 is 0 Å². The number of rotatable bonds is 5. The Bertz CT molecular complexity index is 992. The standard InChI is InChI=1S/C25H30ClFN4O2/c1-18-4-2-3-11-31(18)25(33)22-10-7-20(16-23(22)26)28-17-24(32)30-14-12-29(13-15-30)21-8-5-19(27)6-9-21/h5-10,16,18,28H,2-4,11-15,17H2,1H3. The van der Waals surface area contributed by atoms with Crippen LogP contribution in [0.15, 0.2) is 42.5 Å². The highest BCUT2D eigenvalue weighted by molar-refractivity contribution is 6.34. The van der Waals surface area contributed by atoms with Crippen LogP contribution < -0.4 is 10.2 Å². The second kappa shape index (κ2) is 10.4. The summed E-state index contributed by atoms with van der Waals surface area (Å²) < 4.78 is 13.1. The third kappa shape index (κ3) is 5.58. The van der Waals surface area contributed by atoms with Gasteiger partial charge in [0.2, 0.25) is 5.91 Å². The SMILES string of the molecule is CC1CCCCN1C(=O)c1ccc(NCC(=O)N2CCN(c3ccc(F)cc3)CC2)cc1Cl. The molecule has 1 unspecified atom stereocenters. The van der Waals surface area contributed by atoms with Crippen LogP contribution in [-0.4, -0.2) is 66.9 Å². The predicted molar refractivity (Wildman–Crippen MR) is 129 cm³/mol. The van der Waals surface area contributed by atoms with Gasteiger partial charge < -0.3 is 20.0 Å². The van der Waals surface area contributed by atoms with Gasteiger partial charge in [-0.2, -0.15) is 0 Å². The molecule has 33 heavy (non-hydrogen) atoms. The van der Waals surface area contributed by atoms with E-state index in [1.54, 1.807) is 30.3 Å². The topological polar surface area (TPSA) is 55.9 Å². The van der Waals surface area contributed by atoms with Crippen molar-refractivity contribution in [3.8, 4) is 0 Å². The zero-order chi connectivity index (χ0) is 23.4. The lowest BCUT2D eigenvalue weighted by molar-refractivity contribution is -0.129. The molecule has 2 heterocycles. The van der Waals surface area contributed by atoms with E-state index in [4.69, 9.17) is 11.6 Å². The highest BCUT2D eigenvalue weighted by Gasteiger charge is 2.26. The minimum Gasteiger partial charge on any atom is -0.376 e. The van der Waals surface area contributed by atoms with Crippen LogP contribution in [0.1, 0.15) is 36.5 Å². The summed E-state index contributed by atoms with van der Waals surface area (Å²) in [5.41, 5.74) is 2.17. The lowest BCUT2D eigenvalue weighted by Gasteiger charge is -2.36. The number of carbonyl (C=O) groups is 2. The van der Waals surface area contributed by atoms with Gasteiger partial charge in [-0.3, -0.25) is 9.59 Å². The maximum atomic E-state index is 13.1. The van der Waals surface area contributed by atoms with E-state index in [0.29, 0.717) is 42.5 Å². The molecule has 2 aliphatic rings. The lowest BCUT2D eigenvalue weighted by Crippen LogP contribution is -2.50. The van der Waals surface area contributed by atoms with E-state index in [1.165, 1.54) is 12.1 Å². The predicted octanol–water partition coefficient (Wildman–Crippen LogP) is 4.25. The number of nitrogens with one attached hydrogen (secondary N) is 1. The molecule has 6 nitrogen and oxygen atoms in total. The van der Waals surface area contributed by atoms with Crippen molar-refractivity contribution >= 4 is 34.8 Å². The number of nitrogens with zero attached hydrogens (tertiary/aromatic N) is 3. The molecule has 1 atom stereocenters. The van der Waals surface area contributed by atoms with Gasteiger partial charge >= 0.3 is 0 Å². The van der Waals surface area contributed by atoms with Gasteiger partial charge in [0.05, 0.1) is 17.1 Å². The van der Waals surface area contributed by atoms with Crippen LogP contribution in [0.3, 0.4) is 0 Å². The van der Waals surface area contributed by atoms with E-state index in [-0.39, 0.29) is 30.2 Å². The average molecular weight is 473 g/mol. The number of amides is 2. The van der Waals surface area contributed by atoms with Gasteiger partial charge in [0.1, 0.15) is 5.82 Å². The summed E-state index contributed by atoms with van der Waals surface area (Å²) in [4.78, 5) is 31.4. The molecule has 2 aromatic carbocycles. The summed E-state index contributed by atoms with van der Waals surface area (Å²) in [6.07, 6.45) is 3.19. The van der Waals surface area contributed by atoms with Crippen molar-refractivity contribution < 1.29 is 14.0 Å². The smallest absolute Gasteiger partial charge is 0.255 e. The van der Waals surface area contributed by atoms with Crippen molar-refractivity contribution in [2.45, 2.75) is 32.2 Å². The van der Waals surface area contributed by atoms with Crippen LogP contribution in [0, 0.1) is 5.82 Å². The number of hydrogen-bond acceptors (Lipinski definition) is 4. The molecular weight excluding hydrogens is 443 g/mol. The molecule has 1 N–H and O–H groups in total. The fraction of sp³-hybridized carbons (Fsp3) is 0.440. The molecule has 0 radical (unpaired) electrons. The largest absolute Gasteiger partial charge is 0.376 e. The first-order valence-corrected chi connectivity index (χ1v) is 11.9. The van der Waals surface area contributed by atoms with E-state index >= 15 is 0 Å². The van der Waals surface area contributed by atoms with Crippen molar-refractivity contribution in [1.29, 1.82) is 0 Å². The zero-order valence-electron chi connectivity index (χ0n) is 18.9. The van der Waals surface area contributed by atoms with Gasteiger partial charge in [0, 0.05) is 50.1 Å². The molecule has 0 aliphatic carbocycles. The van der Waals surface area contributed by atoms with Crippen LogP contribution in [0.25, 0.3) is 0 Å². The summed E-state index contributed by atoms with van der Waals surface area (Å²) in [5, 5.41) is 3.52. The van der Waals surface area contributed by atoms with Crippen molar-refractivity contribution in [3.63, 3.8) is 0 Å². The van der Waals surface area contributed by atoms with Crippen LogP contribution in [0.5, 0.6) is 0 Å². The molecule has 4 rings (SSSR count). The van der Waals surface area contributed by atoms with E-state index in [1.807, 2.05) is 9.80 Å². The Balaban J connectivity index is 1.28. The number of carbonyl (C=O) groups excluding carboxylic acids is 2. The van der Waals surface area contributed by atoms with Crippen LogP contribution in [-0.2, 0) is 4.79 Å². The molecule has 8 heteroatoms. The number of likely N-dealkylation sites (tertiary alicyclic amines) is 1. The summed E-state index contributed by atoms with van der Waals surface area (Å²) in [7, 11) is 0. The lowest BCUT2D eigenvalue weighted by atomic mass is 10.0. The second-order valence-electron chi connectivity index (χ2n) is 8.74. The Hall–Kier alpha value is -2.80. The van der Waals surface area contributed by atoms with Gasteiger partial charge in [0.15, 0.2) is 0 Å². The van der Waals surface area contributed by atoms with Gasteiger partial charge in [-0.05, 0) is 68.7 Å². The molecule has 0 aromatic heterocycles. The quantitative estimate of drug-likeness (QED) is 0.706. The molecular formula is C25H30ClFN4O2. The van der Waals surface area contributed by atoms with Crippen LogP contribution in [0.2, 0.25) is 5.02 Å². The molecule has 0 bridgehead atoms. The fourth-order valence-corrected chi connectivity index (χ4v) is 4.77. The molecule has 2 aromatic rings. The zero-order valence-corrected chi connectivity index (χ0v) is 19.7. The number of halogens is 2. The first kappa shape index (κ1) is 23.4. The van der Waals surface area contributed by atoms with Crippen LogP contribution >= 0.6 is 11.6 Å². The monoisotopic (exact) mass is 472 g/mol. The Kier molecular flexibility index (Phi) is 7.38. The number of anilines is 2. The van der Waals surface area contributed by atoms with Gasteiger partial charge in [0.25, 0.3) is 5.91 Å². The van der Waals surface area contributed by atoms with E-state index in [0.717, 1.165) is 31.5 Å². The van der Waals surface area contributed by atoms with Gasteiger partial charge in [-0.15, -0.1) is 0 Å². The van der Waals surface area contributed by atoms with Crippen molar-refractivity contribution in [3.05, 3.63) is 58.9 Å². The minimum absolute atomic E-state index is 0.00664. The van der Waals surface area contributed by atoms with Crippen molar-refractivity contribution in [1.82, 2.24) is 9.80 Å². The highest BCUT2D eigenvalue weighted by atomic mass is 35.5. The normalized spacial score (nSPS) is 18.9. The average Bonchev–Trinajstić information content (AvgIpc) is 2.83. The molecule has 2 amide bonds. The Labute approximate surface area is 199 Å². The Morgan fingerprint density at radius 1 is 1.03 bits per heavy atom. The summed E-state index contributed by atoms with van der Waals surface area (Å²) >= 11 is 6.43. The maximum absolute atomic E-state index is 13.1. The Morgan fingerprint density at radius 3 is 2.42 bits per heavy atom. The maximum Gasteiger partial charge on any atom is 0.255 e. The first-order valence-electron chi connectivity index (χ1n) is 11.5. The summed E-state index contributed by atoms with van der Waals surface area (Å²) in [6.45, 7) is 5.62. The molecule has 2 saturated heterocycles. The summed E-state index contributed by atoms with van der Waals surface area (Å²) in [5.74, 6) is -0.279. The van der Waals surface area contributed by atoms with Crippen LogP contribution in [0.4, 0.5) is 15.8 Å². The van der Waals surface area contributed by atoms with Gasteiger partial charge in [-0.25, -0.2) is 4.39 Å². The van der Waals surface area contributed by atoms with Gasteiger partial charge in [-0.1, -0.05) is 11.6 Å². The number of piperazine rings is 1. The summed E-state index contributed by atoms with van der Waals surface area (Å²) in [6, 6.07) is 11.9. The third-order valence-corrected chi connectivity index (χ3v) is 6.84.